The Labute approximate surface area is 97.7 Å². The zero-order valence-electron chi connectivity index (χ0n) is 10.2. The van der Waals surface area contributed by atoms with E-state index in [0.717, 1.165) is 37.1 Å². The first-order chi connectivity index (χ1) is 7.74. The second-order valence-corrected chi connectivity index (χ2v) is 4.75. The van der Waals surface area contributed by atoms with Crippen LogP contribution in [-0.2, 0) is 0 Å². The molecule has 2 rings (SSSR count). The van der Waals surface area contributed by atoms with Crippen molar-refractivity contribution in [3.05, 3.63) is 23.4 Å². The summed E-state index contributed by atoms with van der Waals surface area (Å²) in [4.78, 5) is 4.49. The van der Waals surface area contributed by atoms with E-state index >= 15 is 0 Å². The van der Waals surface area contributed by atoms with E-state index in [1.165, 1.54) is 18.4 Å². The van der Waals surface area contributed by atoms with Crippen LogP contribution in [0.3, 0.4) is 0 Å². The van der Waals surface area contributed by atoms with Gasteiger partial charge in [0.1, 0.15) is 5.82 Å². The van der Waals surface area contributed by atoms with E-state index in [9.17, 15) is 0 Å². The first-order valence-corrected chi connectivity index (χ1v) is 6.14. The largest absolute Gasteiger partial charge is 0.370 e. The molecule has 0 aliphatic carbocycles. The fourth-order valence-electron chi connectivity index (χ4n) is 2.27. The predicted octanol–water partition coefficient (Wildman–Crippen LogP) is 2.11. The number of rotatable bonds is 3. The van der Waals surface area contributed by atoms with Crippen molar-refractivity contribution < 1.29 is 0 Å². The summed E-state index contributed by atoms with van der Waals surface area (Å²) in [6.07, 6.45) is 2.55. The van der Waals surface area contributed by atoms with Gasteiger partial charge in [-0.3, -0.25) is 0 Å². The van der Waals surface area contributed by atoms with Gasteiger partial charge in [-0.05, 0) is 63.4 Å². The van der Waals surface area contributed by atoms with Crippen LogP contribution in [0.25, 0.3) is 0 Å². The molecule has 2 N–H and O–H groups in total. The first kappa shape index (κ1) is 11.4. The minimum absolute atomic E-state index is 0.795. The summed E-state index contributed by atoms with van der Waals surface area (Å²) in [7, 11) is 0. The lowest BCUT2D eigenvalue weighted by Gasteiger charge is -2.23. The van der Waals surface area contributed by atoms with Crippen LogP contribution >= 0.6 is 0 Å². The summed E-state index contributed by atoms with van der Waals surface area (Å²) in [5, 5.41) is 6.84. The summed E-state index contributed by atoms with van der Waals surface area (Å²) in [6, 6.07) is 4.23. The average Bonchev–Trinajstić information content (AvgIpc) is 2.27. The molecule has 0 aromatic carbocycles. The van der Waals surface area contributed by atoms with Crippen LogP contribution in [0.4, 0.5) is 5.82 Å². The number of nitrogens with one attached hydrogen (secondary N) is 2. The van der Waals surface area contributed by atoms with Crippen molar-refractivity contribution >= 4 is 5.82 Å². The smallest absolute Gasteiger partial charge is 0.126 e. The predicted molar refractivity (Wildman–Crippen MR) is 67.8 cm³/mol. The summed E-state index contributed by atoms with van der Waals surface area (Å²) >= 11 is 0. The lowest BCUT2D eigenvalue weighted by Crippen LogP contribution is -2.31. The number of hydrogen-bond donors (Lipinski definition) is 2. The molecular weight excluding hydrogens is 198 g/mol. The van der Waals surface area contributed by atoms with Crippen LogP contribution in [0.15, 0.2) is 12.1 Å². The van der Waals surface area contributed by atoms with Crippen molar-refractivity contribution in [1.29, 1.82) is 0 Å². The Morgan fingerprint density at radius 3 is 2.75 bits per heavy atom. The molecule has 16 heavy (non-hydrogen) atoms. The maximum Gasteiger partial charge on any atom is 0.126 e. The second kappa shape index (κ2) is 5.30. The average molecular weight is 219 g/mol. The van der Waals surface area contributed by atoms with Crippen molar-refractivity contribution in [1.82, 2.24) is 10.3 Å². The van der Waals surface area contributed by atoms with Crippen molar-refractivity contribution in [3.8, 4) is 0 Å². The Bertz CT molecular complexity index is 323. The van der Waals surface area contributed by atoms with Gasteiger partial charge in [-0.2, -0.15) is 0 Å². The number of aromatic nitrogens is 1. The highest BCUT2D eigenvalue weighted by Crippen LogP contribution is 2.14. The topological polar surface area (TPSA) is 37.0 Å². The molecular formula is C13H21N3. The standard InChI is InChI=1S/C13H21N3/c1-10-7-11(2)16-13(8-10)15-9-12-3-5-14-6-4-12/h7-8,12,14H,3-6,9H2,1-2H3,(H,15,16). The molecule has 1 aliphatic heterocycles. The van der Waals surface area contributed by atoms with Gasteiger partial charge in [-0.15, -0.1) is 0 Å². The fraction of sp³-hybridized carbons (Fsp3) is 0.615. The minimum Gasteiger partial charge on any atom is -0.370 e. The molecule has 0 radical (unpaired) electrons. The van der Waals surface area contributed by atoms with E-state index in [2.05, 4.69) is 34.7 Å². The van der Waals surface area contributed by atoms with Gasteiger partial charge in [0.2, 0.25) is 0 Å². The van der Waals surface area contributed by atoms with Gasteiger partial charge in [0.15, 0.2) is 0 Å². The highest BCUT2D eigenvalue weighted by molar-refractivity contribution is 5.39. The normalized spacial score (nSPS) is 17.4. The quantitative estimate of drug-likeness (QED) is 0.817. The zero-order valence-corrected chi connectivity index (χ0v) is 10.2. The van der Waals surface area contributed by atoms with E-state index < -0.39 is 0 Å². The van der Waals surface area contributed by atoms with Gasteiger partial charge >= 0.3 is 0 Å². The van der Waals surface area contributed by atoms with Gasteiger partial charge in [0, 0.05) is 12.2 Å². The Balaban J connectivity index is 1.88. The van der Waals surface area contributed by atoms with E-state index in [1.807, 2.05) is 6.92 Å². The van der Waals surface area contributed by atoms with Crippen molar-refractivity contribution in [2.75, 3.05) is 25.0 Å². The van der Waals surface area contributed by atoms with Gasteiger partial charge in [-0.1, -0.05) is 0 Å². The van der Waals surface area contributed by atoms with Crippen LogP contribution in [0.5, 0.6) is 0 Å². The lowest BCUT2D eigenvalue weighted by atomic mass is 9.98. The van der Waals surface area contributed by atoms with Crippen LogP contribution in [0.1, 0.15) is 24.1 Å². The maximum atomic E-state index is 4.49. The third-order valence-corrected chi connectivity index (χ3v) is 3.13. The summed E-state index contributed by atoms with van der Waals surface area (Å²) in [5.41, 5.74) is 2.37. The van der Waals surface area contributed by atoms with Crippen LogP contribution in [0, 0.1) is 19.8 Å². The number of pyridine rings is 1. The Hall–Kier alpha value is -1.09. The SMILES string of the molecule is Cc1cc(C)nc(NCC2CCNCC2)c1. The summed E-state index contributed by atoms with van der Waals surface area (Å²) in [6.45, 7) is 7.53. The fourth-order valence-corrected chi connectivity index (χ4v) is 2.27. The molecule has 1 aliphatic rings. The van der Waals surface area contributed by atoms with Gasteiger partial charge in [0.25, 0.3) is 0 Å². The second-order valence-electron chi connectivity index (χ2n) is 4.75. The molecule has 0 bridgehead atoms. The molecule has 3 nitrogen and oxygen atoms in total. The Morgan fingerprint density at radius 2 is 2.06 bits per heavy atom. The van der Waals surface area contributed by atoms with E-state index in [4.69, 9.17) is 0 Å². The Morgan fingerprint density at radius 1 is 1.31 bits per heavy atom. The third kappa shape index (κ3) is 3.20. The first-order valence-electron chi connectivity index (χ1n) is 6.14. The van der Waals surface area contributed by atoms with Crippen molar-refractivity contribution in [3.63, 3.8) is 0 Å². The molecule has 0 saturated carbocycles. The van der Waals surface area contributed by atoms with E-state index in [0.29, 0.717) is 0 Å². The van der Waals surface area contributed by atoms with Crippen LogP contribution in [0.2, 0.25) is 0 Å². The molecule has 0 unspecified atom stereocenters. The molecule has 0 atom stereocenters. The molecule has 1 saturated heterocycles. The van der Waals surface area contributed by atoms with Gasteiger partial charge in [0.05, 0.1) is 0 Å². The molecule has 0 amide bonds. The Kier molecular flexibility index (Phi) is 3.78. The number of hydrogen-bond acceptors (Lipinski definition) is 3. The van der Waals surface area contributed by atoms with Crippen LogP contribution in [-0.4, -0.2) is 24.6 Å². The van der Waals surface area contributed by atoms with E-state index in [-0.39, 0.29) is 0 Å². The van der Waals surface area contributed by atoms with Crippen LogP contribution < -0.4 is 10.6 Å². The number of nitrogens with zero attached hydrogens (tertiary/aromatic N) is 1. The number of piperidine rings is 1. The molecule has 1 aromatic heterocycles. The third-order valence-electron chi connectivity index (χ3n) is 3.13. The van der Waals surface area contributed by atoms with E-state index in [1.54, 1.807) is 0 Å². The zero-order chi connectivity index (χ0) is 11.4. The molecule has 2 heterocycles. The van der Waals surface area contributed by atoms with Gasteiger partial charge < -0.3 is 10.6 Å². The molecule has 1 aromatic rings. The molecule has 3 heteroatoms. The highest BCUT2D eigenvalue weighted by atomic mass is 15.0. The monoisotopic (exact) mass is 219 g/mol. The van der Waals surface area contributed by atoms with Crippen molar-refractivity contribution in [2.24, 2.45) is 5.92 Å². The molecule has 0 spiro atoms. The van der Waals surface area contributed by atoms with Gasteiger partial charge in [-0.25, -0.2) is 4.98 Å². The molecule has 88 valence electrons. The number of anilines is 1. The maximum absolute atomic E-state index is 4.49. The minimum atomic E-state index is 0.795. The molecule has 1 fully saturated rings. The number of aryl methyl sites for hydroxylation is 2. The lowest BCUT2D eigenvalue weighted by molar-refractivity contribution is 0.389. The van der Waals surface area contributed by atoms with Crippen molar-refractivity contribution in [2.45, 2.75) is 26.7 Å². The summed E-state index contributed by atoms with van der Waals surface area (Å²) in [5.74, 6) is 1.82. The highest BCUT2D eigenvalue weighted by Gasteiger charge is 2.12. The summed E-state index contributed by atoms with van der Waals surface area (Å²) < 4.78 is 0.